The number of carbonyl (C=O) groups excluding carboxylic acids is 2. The number of hydrogen-bond donors (Lipinski definition) is 0. The Morgan fingerprint density at radius 3 is 2.48 bits per heavy atom. The molecule has 1 fully saturated rings. The lowest BCUT2D eigenvalue weighted by Gasteiger charge is -2.46. The second kappa shape index (κ2) is 8.17. The van der Waals surface area contributed by atoms with Gasteiger partial charge in [0, 0.05) is 13.7 Å². The molecule has 7 nitrogen and oxygen atoms in total. The maximum atomic E-state index is 12.8. The van der Waals surface area contributed by atoms with E-state index >= 15 is 0 Å². The molecule has 1 aromatic rings. The minimum atomic E-state index is -0.616. The molecule has 1 aliphatic heterocycles. The van der Waals surface area contributed by atoms with Crippen molar-refractivity contribution >= 4 is 17.7 Å². The minimum absolute atomic E-state index is 0.0473. The number of benzene rings is 1. The Morgan fingerprint density at radius 2 is 1.85 bits per heavy atom. The smallest absolute Gasteiger partial charge is 0.411 e. The van der Waals surface area contributed by atoms with Gasteiger partial charge in [0.25, 0.3) is 0 Å². The molecule has 0 spiro atoms. The van der Waals surface area contributed by atoms with Gasteiger partial charge >= 0.3 is 6.09 Å². The van der Waals surface area contributed by atoms with Crippen LogP contribution in [0.2, 0.25) is 0 Å². The van der Waals surface area contributed by atoms with Crippen molar-refractivity contribution in [2.45, 2.75) is 45.8 Å². The van der Waals surface area contributed by atoms with Crippen molar-refractivity contribution < 1.29 is 23.8 Å². The maximum absolute atomic E-state index is 12.8. The van der Waals surface area contributed by atoms with E-state index in [1.807, 2.05) is 58.9 Å². The third-order valence-electron chi connectivity index (χ3n) is 4.19. The fraction of sp³-hybridized carbons (Fsp3) is 0.600. The molecule has 0 aliphatic carbocycles. The lowest BCUT2D eigenvalue weighted by Crippen LogP contribution is -2.64. The molecule has 2 amide bonds. The summed E-state index contributed by atoms with van der Waals surface area (Å²) < 4.78 is 16.3. The molecule has 0 aromatic heterocycles. The van der Waals surface area contributed by atoms with Crippen molar-refractivity contribution in [3.05, 3.63) is 24.3 Å². The third-order valence-corrected chi connectivity index (χ3v) is 4.19. The van der Waals surface area contributed by atoms with Crippen LogP contribution in [0.25, 0.3) is 0 Å². The first kappa shape index (κ1) is 21.0. The van der Waals surface area contributed by atoms with Crippen molar-refractivity contribution in [2.24, 2.45) is 0 Å². The van der Waals surface area contributed by atoms with Gasteiger partial charge in [0.2, 0.25) is 5.91 Å². The van der Waals surface area contributed by atoms with E-state index in [2.05, 4.69) is 0 Å². The quantitative estimate of drug-likeness (QED) is 0.737. The normalized spacial score (nSPS) is 17.0. The second-order valence-electron chi connectivity index (χ2n) is 8.17. The first-order valence-corrected chi connectivity index (χ1v) is 9.07. The number of carbonyl (C=O) groups is 2. The highest BCUT2D eigenvalue weighted by Gasteiger charge is 2.43. The van der Waals surface area contributed by atoms with Crippen molar-refractivity contribution in [1.29, 1.82) is 0 Å². The number of hydrogen-bond acceptors (Lipinski definition) is 5. The summed E-state index contributed by atoms with van der Waals surface area (Å²) in [4.78, 5) is 28.6. The number of para-hydroxylation sites is 2. The summed E-state index contributed by atoms with van der Waals surface area (Å²) in [5.41, 5.74) is -0.513. The van der Waals surface area contributed by atoms with E-state index in [1.165, 1.54) is 4.90 Å². The summed E-state index contributed by atoms with van der Waals surface area (Å²) >= 11 is 0. The number of ether oxygens (including phenoxy) is 3. The zero-order chi connectivity index (χ0) is 20.2. The van der Waals surface area contributed by atoms with Crippen LogP contribution in [0, 0.1) is 0 Å². The summed E-state index contributed by atoms with van der Waals surface area (Å²) in [6.07, 6.45) is -0.481. The maximum Gasteiger partial charge on any atom is 0.411 e. The molecule has 2 rings (SSSR count). The lowest BCUT2D eigenvalue weighted by atomic mass is 9.98. The number of nitrogens with zero attached hydrogens (tertiary/aromatic N) is 2. The molecule has 1 aromatic carbocycles. The number of methoxy groups -OCH3 is 1. The molecule has 1 saturated heterocycles. The molecule has 0 unspecified atom stereocenters. The standard InChI is InChI=1S/C20H30N2O5/c1-19(2,3)27-18(24)22-13-17(23)21(14-20(22,4)5)15-9-7-8-10-16(15)26-12-11-25-6/h7-10H,11-14H2,1-6H3. The van der Waals surface area contributed by atoms with Gasteiger partial charge < -0.3 is 19.1 Å². The van der Waals surface area contributed by atoms with Crippen LogP contribution >= 0.6 is 0 Å². The Hall–Kier alpha value is -2.28. The Morgan fingerprint density at radius 1 is 1.19 bits per heavy atom. The summed E-state index contributed by atoms with van der Waals surface area (Å²) in [6.45, 7) is 10.4. The van der Waals surface area contributed by atoms with Crippen LogP contribution in [-0.2, 0) is 14.3 Å². The Kier molecular flexibility index (Phi) is 6.36. The third kappa shape index (κ3) is 5.35. The van der Waals surface area contributed by atoms with Gasteiger partial charge in [0.05, 0.1) is 17.8 Å². The molecule has 150 valence electrons. The molecule has 0 saturated carbocycles. The highest BCUT2D eigenvalue weighted by atomic mass is 16.6. The average molecular weight is 378 g/mol. The van der Waals surface area contributed by atoms with E-state index < -0.39 is 17.2 Å². The number of rotatable bonds is 5. The van der Waals surface area contributed by atoms with Gasteiger partial charge in [0.15, 0.2) is 0 Å². The zero-order valence-corrected chi connectivity index (χ0v) is 17.1. The van der Waals surface area contributed by atoms with Crippen molar-refractivity contribution in [2.75, 3.05) is 38.3 Å². The van der Waals surface area contributed by atoms with Crippen LogP contribution < -0.4 is 9.64 Å². The summed E-state index contributed by atoms with van der Waals surface area (Å²) in [7, 11) is 1.61. The summed E-state index contributed by atoms with van der Waals surface area (Å²) in [6, 6.07) is 7.39. The Bertz CT molecular complexity index is 681. The van der Waals surface area contributed by atoms with E-state index in [9.17, 15) is 9.59 Å². The van der Waals surface area contributed by atoms with Crippen molar-refractivity contribution in [1.82, 2.24) is 4.90 Å². The molecule has 0 bridgehead atoms. The molecule has 0 N–H and O–H groups in total. The minimum Gasteiger partial charge on any atom is -0.489 e. The number of piperazine rings is 1. The Labute approximate surface area is 161 Å². The predicted molar refractivity (Wildman–Crippen MR) is 103 cm³/mol. The predicted octanol–water partition coefficient (Wildman–Crippen LogP) is 3.07. The van der Waals surface area contributed by atoms with Crippen LogP contribution in [0.3, 0.4) is 0 Å². The molecule has 7 heteroatoms. The van der Waals surface area contributed by atoms with E-state index in [0.29, 0.717) is 31.2 Å². The first-order chi connectivity index (χ1) is 12.5. The van der Waals surface area contributed by atoms with Gasteiger partial charge in [0.1, 0.15) is 24.5 Å². The average Bonchev–Trinajstić information content (AvgIpc) is 2.55. The van der Waals surface area contributed by atoms with E-state index in [0.717, 1.165) is 0 Å². The van der Waals surface area contributed by atoms with Crippen LogP contribution in [0.15, 0.2) is 24.3 Å². The SMILES string of the molecule is COCCOc1ccccc1N1CC(C)(C)N(C(=O)OC(C)(C)C)CC1=O. The molecule has 0 radical (unpaired) electrons. The number of amides is 2. The fourth-order valence-electron chi connectivity index (χ4n) is 2.88. The molecular formula is C20H30N2O5. The van der Waals surface area contributed by atoms with Gasteiger partial charge in [-0.1, -0.05) is 12.1 Å². The van der Waals surface area contributed by atoms with Gasteiger partial charge in [-0.05, 0) is 46.8 Å². The van der Waals surface area contributed by atoms with Crippen LogP contribution in [0.4, 0.5) is 10.5 Å². The van der Waals surface area contributed by atoms with Gasteiger partial charge in [-0.15, -0.1) is 0 Å². The monoisotopic (exact) mass is 378 g/mol. The second-order valence-corrected chi connectivity index (χ2v) is 8.17. The highest BCUT2D eigenvalue weighted by Crippen LogP contribution is 2.33. The molecule has 0 atom stereocenters. The van der Waals surface area contributed by atoms with Crippen LogP contribution in [-0.4, -0.2) is 61.5 Å². The molecule has 1 heterocycles. The van der Waals surface area contributed by atoms with E-state index in [-0.39, 0.29) is 12.5 Å². The van der Waals surface area contributed by atoms with Crippen molar-refractivity contribution in [3.8, 4) is 5.75 Å². The van der Waals surface area contributed by atoms with Gasteiger partial charge in [-0.3, -0.25) is 9.69 Å². The van der Waals surface area contributed by atoms with E-state index in [4.69, 9.17) is 14.2 Å². The molecular weight excluding hydrogens is 348 g/mol. The largest absolute Gasteiger partial charge is 0.489 e. The van der Waals surface area contributed by atoms with Crippen LogP contribution in [0.5, 0.6) is 5.75 Å². The summed E-state index contributed by atoms with van der Waals surface area (Å²) in [5, 5.41) is 0. The van der Waals surface area contributed by atoms with Crippen molar-refractivity contribution in [3.63, 3.8) is 0 Å². The zero-order valence-electron chi connectivity index (χ0n) is 17.1. The summed E-state index contributed by atoms with van der Waals surface area (Å²) in [5.74, 6) is 0.437. The highest BCUT2D eigenvalue weighted by molar-refractivity contribution is 5.99. The lowest BCUT2D eigenvalue weighted by molar-refractivity contribution is -0.124. The van der Waals surface area contributed by atoms with E-state index in [1.54, 1.807) is 12.0 Å². The van der Waals surface area contributed by atoms with Gasteiger partial charge in [-0.25, -0.2) is 4.79 Å². The topological polar surface area (TPSA) is 68.3 Å². The first-order valence-electron chi connectivity index (χ1n) is 9.07. The fourth-order valence-corrected chi connectivity index (χ4v) is 2.88. The van der Waals surface area contributed by atoms with Crippen LogP contribution in [0.1, 0.15) is 34.6 Å². The number of anilines is 1. The Balaban J connectivity index is 2.21. The molecule has 27 heavy (non-hydrogen) atoms. The molecule has 1 aliphatic rings. The van der Waals surface area contributed by atoms with Gasteiger partial charge in [-0.2, -0.15) is 0 Å².